The average Bonchev–Trinajstić information content (AvgIpc) is 2.46. The van der Waals surface area contributed by atoms with Gasteiger partial charge in [0.2, 0.25) is 0 Å². The zero-order valence-electron chi connectivity index (χ0n) is 11.2. The lowest BCUT2D eigenvalue weighted by Gasteiger charge is -2.31. The minimum absolute atomic E-state index is 0.682. The molecule has 2 nitrogen and oxygen atoms in total. The molecule has 0 saturated carbocycles. The molecule has 3 rings (SSSR count). The summed E-state index contributed by atoms with van der Waals surface area (Å²) in [4.78, 5) is 2.64. The summed E-state index contributed by atoms with van der Waals surface area (Å²) in [6, 6.07) is 9.55. The van der Waals surface area contributed by atoms with Crippen LogP contribution in [0.1, 0.15) is 36.8 Å². The van der Waals surface area contributed by atoms with Gasteiger partial charge in [-0.1, -0.05) is 30.7 Å². The molecule has 0 bridgehead atoms. The van der Waals surface area contributed by atoms with Crippen molar-refractivity contribution in [2.24, 2.45) is 0 Å². The highest BCUT2D eigenvalue weighted by atomic mass is 15.1. The number of piperidine rings is 1. The molecule has 2 heteroatoms. The molecule has 98 valence electrons. The summed E-state index contributed by atoms with van der Waals surface area (Å²) in [6.45, 7) is 4.98. The van der Waals surface area contributed by atoms with E-state index in [0.717, 1.165) is 6.54 Å². The Labute approximate surface area is 110 Å². The molecule has 0 unspecified atom stereocenters. The molecule has 1 atom stereocenters. The third kappa shape index (κ3) is 2.93. The lowest BCUT2D eigenvalue weighted by molar-refractivity contribution is 0.215. The maximum Gasteiger partial charge on any atom is 0.0210 e. The first-order valence-corrected chi connectivity index (χ1v) is 7.44. The SMILES string of the molecule is c1ccc2c(c1)CN[C@H](CCN1CCCCC1)C2. The van der Waals surface area contributed by atoms with Crippen LogP contribution in [0.25, 0.3) is 0 Å². The van der Waals surface area contributed by atoms with Gasteiger partial charge in [0, 0.05) is 12.6 Å². The Hall–Kier alpha value is -0.860. The van der Waals surface area contributed by atoms with Gasteiger partial charge < -0.3 is 10.2 Å². The fraction of sp³-hybridized carbons (Fsp3) is 0.625. The molecule has 0 amide bonds. The second-order valence-corrected chi connectivity index (χ2v) is 5.74. The number of hydrogen-bond donors (Lipinski definition) is 1. The number of fused-ring (bicyclic) bond motifs is 1. The van der Waals surface area contributed by atoms with Crippen molar-refractivity contribution < 1.29 is 0 Å². The highest BCUT2D eigenvalue weighted by Crippen LogP contribution is 2.18. The minimum atomic E-state index is 0.682. The topological polar surface area (TPSA) is 15.3 Å². The van der Waals surface area contributed by atoms with Gasteiger partial charge in [-0.15, -0.1) is 0 Å². The Balaban J connectivity index is 1.50. The first-order valence-electron chi connectivity index (χ1n) is 7.44. The first-order chi connectivity index (χ1) is 8.92. The Kier molecular flexibility index (Phi) is 3.96. The Bertz CT molecular complexity index is 382. The predicted octanol–water partition coefficient (Wildman–Crippen LogP) is 2.58. The molecule has 1 N–H and O–H groups in total. The van der Waals surface area contributed by atoms with Crippen molar-refractivity contribution in [1.82, 2.24) is 10.2 Å². The molecule has 18 heavy (non-hydrogen) atoms. The van der Waals surface area contributed by atoms with Crippen LogP contribution in [0.5, 0.6) is 0 Å². The second-order valence-electron chi connectivity index (χ2n) is 5.74. The third-order valence-corrected chi connectivity index (χ3v) is 4.41. The monoisotopic (exact) mass is 244 g/mol. The molecule has 2 heterocycles. The summed E-state index contributed by atoms with van der Waals surface area (Å²) in [7, 11) is 0. The fourth-order valence-corrected chi connectivity index (χ4v) is 3.25. The van der Waals surface area contributed by atoms with E-state index in [0.29, 0.717) is 6.04 Å². The van der Waals surface area contributed by atoms with Crippen LogP contribution in [-0.2, 0) is 13.0 Å². The molecule has 0 spiro atoms. The molecule has 0 radical (unpaired) electrons. The number of nitrogens with one attached hydrogen (secondary N) is 1. The van der Waals surface area contributed by atoms with Crippen molar-refractivity contribution in [2.75, 3.05) is 19.6 Å². The molecule has 2 aliphatic heterocycles. The standard InChI is InChI=1S/C16H24N2/c1-4-9-18(10-5-1)11-8-16-12-14-6-2-3-7-15(14)13-17-16/h2-3,6-7,16-17H,1,4-5,8-13H2/t16-/m1/s1. The fourth-order valence-electron chi connectivity index (χ4n) is 3.25. The Morgan fingerprint density at radius 1 is 1.06 bits per heavy atom. The van der Waals surface area contributed by atoms with E-state index in [9.17, 15) is 0 Å². The summed E-state index contributed by atoms with van der Waals surface area (Å²) in [5.74, 6) is 0. The van der Waals surface area contributed by atoms with E-state index in [4.69, 9.17) is 0 Å². The maximum absolute atomic E-state index is 3.69. The number of hydrogen-bond acceptors (Lipinski definition) is 2. The van der Waals surface area contributed by atoms with Crippen molar-refractivity contribution in [1.29, 1.82) is 0 Å². The van der Waals surface area contributed by atoms with Crippen LogP contribution in [0.3, 0.4) is 0 Å². The molecule has 1 fully saturated rings. The van der Waals surface area contributed by atoms with Gasteiger partial charge in [0.05, 0.1) is 0 Å². The molecular weight excluding hydrogens is 220 g/mol. The van der Waals surface area contributed by atoms with E-state index in [1.165, 1.54) is 57.3 Å². The van der Waals surface area contributed by atoms with E-state index in [1.807, 2.05) is 0 Å². The second kappa shape index (κ2) is 5.85. The first kappa shape index (κ1) is 12.2. The molecule has 0 aliphatic carbocycles. The third-order valence-electron chi connectivity index (χ3n) is 4.41. The highest BCUT2D eigenvalue weighted by Gasteiger charge is 2.18. The van der Waals surface area contributed by atoms with Gasteiger partial charge in [-0.05, 0) is 56.4 Å². The van der Waals surface area contributed by atoms with Crippen LogP contribution in [0.2, 0.25) is 0 Å². The van der Waals surface area contributed by atoms with E-state index in [-0.39, 0.29) is 0 Å². The van der Waals surface area contributed by atoms with Gasteiger partial charge >= 0.3 is 0 Å². The normalized spacial score (nSPS) is 24.8. The number of likely N-dealkylation sites (tertiary alicyclic amines) is 1. The Morgan fingerprint density at radius 3 is 2.67 bits per heavy atom. The summed E-state index contributed by atoms with van der Waals surface area (Å²) < 4.78 is 0. The minimum Gasteiger partial charge on any atom is -0.310 e. The number of nitrogens with zero attached hydrogens (tertiary/aromatic N) is 1. The zero-order chi connectivity index (χ0) is 12.2. The van der Waals surface area contributed by atoms with Crippen LogP contribution in [-0.4, -0.2) is 30.6 Å². The predicted molar refractivity (Wildman–Crippen MR) is 75.7 cm³/mol. The maximum atomic E-state index is 3.69. The van der Waals surface area contributed by atoms with Gasteiger partial charge in [0.1, 0.15) is 0 Å². The summed E-state index contributed by atoms with van der Waals surface area (Å²) in [5, 5.41) is 3.69. The van der Waals surface area contributed by atoms with Gasteiger partial charge in [-0.25, -0.2) is 0 Å². The smallest absolute Gasteiger partial charge is 0.0210 e. The van der Waals surface area contributed by atoms with Gasteiger partial charge in [-0.2, -0.15) is 0 Å². The molecule has 0 aromatic heterocycles. The van der Waals surface area contributed by atoms with Crippen molar-refractivity contribution in [3.05, 3.63) is 35.4 Å². The largest absolute Gasteiger partial charge is 0.310 e. The number of benzene rings is 1. The van der Waals surface area contributed by atoms with E-state index in [1.54, 1.807) is 5.56 Å². The van der Waals surface area contributed by atoms with Crippen LogP contribution in [0.15, 0.2) is 24.3 Å². The molecule has 1 aromatic carbocycles. The van der Waals surface area contributed by atoms with Crippen LogP contribution < -0.4 is 5.32 Å². The number of rotatable bonds is 3. The summed E-state index contributed by atoms with van der Waals surface area (Å²) in [5.41, 5.74) is 3.05. The van der Waals surface area contributed by atoms with Crippen molar-refractivity contribution in [3.63, 3.8) is 0 Å². The average molecular weight is 244 g/mol. The summed E-state index contributed by atoms with van der Waals surface area (Å²) in [6.07, 6.45) is 6.76. The van der Waals surface area contributed by atoms with E-state index >= 15 is 0 Å². The van der Waals surface area contributed by atoms with Gasteiger partial charge in [-0.3, -0.25) is 0 Å². The molecule has 1 aromatic rings. The van der Waals surface area contributed by atoms with Crippen molar-refractivity contribution in [2.45, 2.75) is 44.7 Å². The highest BCUT2D eigenvalue weighted by molar-refractivity contribution is 5.29. The molecular formula is C16H24N2. The molecule has 1 saturated heterocycles. The summed E-state index contributed by atoms with van der Waals surface area (Å²) >= 11 is 0. The molecule has 2 aliphatic rings. The van der Waals surface area contributed by atoms with E-state index < -0.39 is 0 Å². The van der Waals surface area contributed by atoms with Gasteiger partial charge in [0.15, 0.2) is 0 Å². The zero-order valence-corrected chi connectivity index (χ0v) is 11.2. The van der Waals surface area contributed by atoms with Crippen molar-refractivity contribution in [3.8, 4) is 0 Å². The van der Waals surface area contributed by atoms with Crippen LogP contribution in [0, 0.1) is 0 Å². The quantitative estimate of drug-likeness (QED) is 0.879. The lowest BCUT2D eigenvalue weighted by Crippen LogP contribution is -2.39. The lowest BCUT2D eigenvalue weighted by atomic mass is 9.94. The van der Waals surface area contributed by atoms with Crippen LogP contribution >= 0.6 is 0 Å². The van der Waals surface area contributed by atoms with Gasteiger partial charge in [0.25, 0.3) is 0 Å². The Morgan fingerprint density at radius 2 is 1.83 bits per heavy atom. The van der Waals surface area contributed by atoms with Crippen LogP contribution in [0.4, 0.5) is 0 Å². The van der Waals surface area contributed by atoms with Crippen molar-refractivity contribution >= 4 is 0 Å². The van der Waals surface area contributed by atoms with E-state index in [2.05, 4.69) is 34.5 Å².